The van der Waals surface area contributed by atoms with Gasteiger partial charge in [0.25, 0.3) is 5.91 Å². The molecule has 13 heteroatoms. The number of ether oxygens (including phenoxy) is 4. The molecule has 1 aromatic rings. The number of nitriles is 1. The van der Waals surface area contributed by atoms with E-state index in [1.54, 1.807) is 0 Å². The van der Waals surface area contributed by atoms with Crippen molar-refractivity contribution >= 4 is 29.8 Å². The number of amides is 1. The van der Waals surface area contributed by atoms with Gasteiger partial charge in [0, 0.05) is 34.9 Å². The van der Waals surface area contributed by atoms with Crippen LogP contribution in [0.4, 0.5) is 5.95 Å². The maximum Gasteiger partial charge on any atom is 0.303 e. The number of aromatic nitrogens is 2. The van der Waals surface area contributed by atoms with Gasteiger partial charge in [0.15, 0.2) is 29.8 Å². The van der Waals surface area contributed by atoms with Crippen LogP contribution in [0.5, 0.6) is 0 Å². The van der Waals surface area contributed by atoms with Crippen molar-refractivity contribution in [3.63, 3.8) is 0 Å². The van der Waals surface area contributed by atoms with Gasteiger partial charge in [-0.15, -0.1) is 0 Å². The van der Waals surface area contributed by atoms with Gasteiger partial charge in [0.05, 0.1) is 0 Å². The summed E-state index contributed by atoms with van der Waals surface area (Å²) in [5, 5.41) is 9.67. The molecule has 2 heterocycles. The molecule has 0 spiro atoms. The van der Waals surface area contributed by atoms with Gasteiger partial charge in [0.2, 0.25) is 5.95 Å². The molecule has 0 aromatic carbocycles. The second kappa shape index (κ2) is 9.43. The van der Waals surface area contributed by atoms with Crippen LogP contribution >= 0.6 is 0 Å². The number of rotatable bonds is 6. The molecule has 0 unspecified atom stereocenters. The van der Waals surface area contributed by atoms with E-state index in [2.05, 4.69) is 4.98 Å². The lowest BCUT2D eigenvalue weighted by atomic mass is 10.1. The molecule has 13 nitrogen and oxygen atoms in total. The molecule has 1 aromatic heterocycles. The summed E-state index contributed by atoms with van der Waals surface area (Å²) in [4.78, 5) is 52.2. The summed E-state index contributed by atoms with van der Waals surface area (Å²) in [5.74, 6) is -2.90. The first-order chi connectivity index (χ1) is 14.5. The molecule has 4 atom stereocenters. The van der Waals surface area contributed by atoms with Crippen molar-refractivity contribution in [2.75, 3.05) is 26.4 Å². The molecular weight excluding hydrogens is 414 g/mol. The second-order valence-electron chi connectivity index (χ2n) is 6.86. The Morgan fingerprint density at radius 1 is 1.13 bits per heavy atom. The monoisotopic (exact) mass is 437 g/mol. The summed E-state index contributed by atoms with van der Waals surface area (Å²) in [5.41, 5.74) is 5.48. The van der Waals surface area contributed by atoms with E-state index in [4.69, 9.17) is 24.7 Å². The summed E-state index contributed by atoms with van der Waals surface area (Å²) in [6.45, 7) is 3.12. The lowest BCUT2D eigenvalue weighted by molar-refractivity contribution is -0.166. The normalized spacial score (nSPS) is 22.3. The van der Waals surface area contributed by atoms with Crippen molar-refractivity contribution in [1.29, 1.82) is 5.26 Å². The van der Waals surface area contributed by atoms with Crippen LogP contribution in [-0.4, -0.2) is 77.3 Å². The molecule has 1 aliphatic rings. The highest BCUT2D eigenvalue weighted by Crippen LogP contribution is 2.37. The van der Waals surface area contributed by atoms with Crippen molar-refractivity contribution in [2.45, 2.75) is 45.3 Å². The molecule has 0 bridgehead atoms. The first kappa shape index (κ1) is 23.6. The predicted octanol–water partition coefficient (Wildman–Crippen LogP) is -0.637. The van der Waals surface area contributed by atoms with Crippen LogP contribution in [0, 0.1) is 11.3 Å². The average molecular weight is 437 g/mol. The molecule has 2 N–H and O–H groups in total. The van der Waals surface area contributed by atoms with E-state index in [1.807, 2.05) is 6.07 Å². The molecule has 0 saturated carbocycles. The quantitative estimate of drug-likeness (QED) is 0.442. The van der Waals surface area contributed by atoms with Gasteiger partial charge in [-0.1, -0.05) is 0 Å². The van der Waals surface area contributed by atoms with Crippen LogP contribution < -0.4 is 5.73 Å². The first-order valence-corrected chi connectivity index (χ1v) is 9.10. The average Bonchev–Trinajstić information content (AvgIpc) is 3.15. The highest BCUT2D eigenvalue weighted by molar-refractivity contribution is 5.94. The SMILES string of the molecule is CC(=O)OC[C@H]1O[C@@H](n2c(N)nc(C(=O)N(C)C)c2C#N)[C@H](OC(C)=O)[C@@H]1OC(C)=O. The van der Waals surface area contributed by atoms with E-state index in [9.17, 15) is 24.4 Å². The Morgan fingerprint density at radius 3 is 2.19 bits per heavy atom. The zero-order valence-electron chi connectivity index (χ0n) is 17.6. The summed E-state index contributed by atoms with van der Waals surface area (Å²) >= 11 is 0. The fourth-order valence-corrected chi connectivity index (χ4v) is 3.08. The van der Waals surface area contributed by atoms with Gasteiger partial charge in [-0.05, 0) is 0 Å². The number of nitrogens with zero attached hydrogens (tertiary/aromatic N) is 4. The van der Waals surface area contributed by atoms with E-state index in [0.717, 1.165) is 18.4 Å². The molecule has 2 rings (SSSR count). The van der Waals surface area contributed by atoms with Gasteiger partial charge < -0.3 is 29.6 Å². The third kappa shape index (κ3) is 5.10. The smallest absolute Gasteiger partial charge is 0.303 e. The lowest BCUT2D eigenvalue weighted by Gasteiger charge is -2.24. The molecule has 1 amide bonds. The summed E-state index contributed by atoms with van der Waals surface area (Å²) in [7, 11) is 2.94. The first-order valence-electron chi connectivity index (χ1n) is 9.10. The van der Waals surface area contributed by atoms with Crippen molar-refractivity contribution in [1.82, 2.24) is 14.5 Å². The topological polar surface area (TPSA) is 176 Å². The Balaban J connectivity index is 2.57. The number of hydrogen-bond acceptors (Lipinski definition) is 11. The van der Waals surface area contributed by atoms with E-state index < -0.39 is 48.4 Å². The Hall–Kier alpha value is -3.66. The fraction of sp³-hybridized carbons (Fsp3) is 0.556. The van der Waals surface area contributed by atoms with Gasteiger partial charge in [0.1, 0.15) is 18.8 Å². The van der Waals surface area contributed by atoms with Gasteiger partial charge in [-0.25, -0.2) is 4.98 Å². The van der Waals surface area contributed by atoms with Crippen LogP contribution in [0.25, 0.3) is 0 Å². The molecule has 1 fully saturated rings. The number of nitrogen functional groups attached to an aromatic ring is 1. The van der Waals surface area contributed by atoms with E-state index in [-0.39, 0.29) is 23.9 Å². The molecule has 1 saturated heterocycles. The number of carbonyl (C=O) groups excluding carboxylic acids is 4. The molecule has 31 heavy (non-hydrogen) atoms. The molecular formula is C18H23N5O8. The maximum atomic E-state index is 12.4. The minimum Gasteiger partial charge on any atom is -0.463 e. The van der Waals surface area contributed by atoms with Crippen molar-refractivity contribution in [3.05, 3.63) is 11.4 Å². The van der Waals surface area contributed by atoms with Gasteiger partial charge in [-0.2, -0.15) is 5.26 Å². The Kier molecular flexibility index (Phi) is 7.19. The third-order valence-corrected chi connectivity index (χ3v) is 4.25. The lowest BCUT2D eigenvalue weighted by Crippen LogP contribution is -2.40. The van der Waals surface area contributed by atoms with Crippen LogP contribution in [0.15, 0.2) is 0 Å². The number of hydrogen-bond donors (Lipinski definition) is 1. The molecule has 0 radical (unpaired) electrons. The number of nitrogens with two attached hydrogens (primary N) is 1. The number of carbonyl (C=O) groups is 4. The fourth-order valence-electron chi connectivity index (χ4n) is 3.08. The molecule has 1 aliphatic heterocycles. The zero-order valence-corrected chi connectivity index (χ0v) is 17.6. The van der Waals surface area contributed by atoms with E-state index in [0.29, 0.717) is 0 Å². The molecule has 0 aliphatic carbocycles. The second-order valence-corrected chi connectivity index (χ2v) is 6.86. The number of imidazole rings is 1. The highest BCUT2D eigenvalue weighted by Gasteiger charge is 2.52. The maximum absolute atomic E-state index is 12.4. The predicted molar refractivity (Wildman–Crippen MR) is 101 cm³/mol. The van der Waals surface area contributed by atoms with Crippen LogP contribution in [0.3, 0.4) is 0 Å². The van der Waals surface area contributed by atoms with Gasteiger partial charge >= 0.3 is 17.9 Å². The van der Waals surface area contributed by atoms with Gasteiger partial charge in [-0.3, -0.25) is 23.7 Å². The molecule has 168 valence electrons. The van der Waals surface area contributed by atoms with Crippen LogP contribution in [0.2, 0.25) is 0 Å². The highest BCUT2D eigenvalue weighted by atomic mass is 16.7. The van der Waals surface area contributed by atoms with Crippen LogP contribution in [-0.2, 0) is 33.3 Å². The van der Waals surface area contributed by atoms with Crippen molar-refractivity contribution < 1.29 is 38.1 Å². The van der Waals surface area contributed by atoms with E-state index in [1.165, 1.54) is 25.9 Å². The van der Waals surface area contributed by atoms with E-state index >= 15 is 0 Å². The third-order valence-electron chi connectivity index (χ3n) is 4.25. The van der Waals surface area contributed by atoms with Crippen LogP contribution in [0.1, 0.15) is 43.2 Å². The standard InChI is InChI=1S/C18H23N5O8/c1-8(24)28-7-12-14(29-9(2)25)15(30-10(3)26)17(31-12)23-11(6-19)13(21-18(23)20)16(27)22(4)5/h12,14-15,17H,7H2,1-5H3,(H2,20,21)/t12-,14-,15-,17-/m1/s1. The summed E-state index contributed by atoms with van der Waals surface area (Å²) in [6, 6.07) is 1.85. The number of anilines is 1. The van der Waals surface area contributed by atoms with Crippen molar-refractivity contribution in [3.8, 4) is 6.07 Å². The Labute approximate surface area is 177 Å². The summed E-state index contributed by atoms with van der Waals surface area (Å²) < 4.78 is 22.4. The van der Waals surface area contributed by atoms with Crippen molar-refractivity contribution in [2.24, 2.45) is 0 Å². The Morgan fingerprint density at radius 2 is 1.71 bits per heavy atom. The Bertz CT molecular complexity index is 934. The zero-order chi connectivity index (χ0) is 23.5. The largest absolute Gasteiger partial charge is 0.463 e. The minimum absolute atomic E-state index is 0.234. The number of esters is 3. The summed E-state index contributed by atoms with van der Waals surface area (Å²) in [6.07, 6.45) is -4.80. The minimum atomic E-state index is -1.29.